The standard InChI is InChI=1S/C24H23FN2O5/c1-16(32-20-11-9-19(25)10-12-20)23(28)26-27-24(29)18-8-13-21(22(14-18)30-2)31-15-17-6-4-3-5-7-17/h3-14,16H,15H2,1-2H3,(H,26,28)(H,27,29)/t16-/m1/s1. The van der Waals surface area contributed by atoms with Crippen LogP contribution in [-0.2, 0) is 11.4 Å². The minimum absolute atomic E-state index is 0.265. The number of rotatable bonds is 8. The van der Waals surface area contributed by atoms with Crippen LogP contribution >= 0.6 is 0 Å². The zero-order valence-corrected chi connectivity index (χ0v) is 17.6. The molecule has 8 heteroatoms. The number of halogens is 1. The van der Waals surface area contributed by atoms with Gasteiger partial charge in [-0.1, -0.05) is 30.3 Å². The lowest BCUT2D eigenvalue weighted by atomic mass is 10.2. The Hall–Kier alpha value is -4.07. The van der Waals surface area contributed by atoms with Crippen molar-refractivity contribution in [2.45, 2.75) is 19.6 Å². The van der Waals surface area contributed by atoms with Crippen molar-refractivity contribution in [3.05, 3.63) is 89.7 Å². The zero-order valence-electron chi connectivity index (χ0n) is 17.6. The van der Waals surface area contributed by atoms with Gasteiger partial charge < -0.3 is 14.2 Å². The van der Waals surface area contributed by atoms with Crippen LogP contribution in [0.2, 0.25) is 0 Å². The number of methoxy groups -OCH3 is 1. The molecule has 1 atom stereocenters. The Morgan fingerprint density at radius 2 is 1.66 bits per heavy atom. The molecule has 32 heavy (non-hydrogen) atoms. The summed E-state index contributed by atoms with van der Waals surface area (Å²) in [5.74, 6) is -0.325. The second kappa shape index (κ2) is 10.8. The molecule has 3 aromatic rings. The lowest BCUT2D eigenvalue weighted by Gasteiger charge is -2.16. The third-order valence-electron chi connectivity index (χ3n) is 4.46. The highest BCUT2D eigenvalue weighted by atomic mass is 19.1. The van der Waals surface area contributed by atoms with E-state index < -0.39 is 23.7 Å². The van der Waals surface area contributed by atoms with Crippen LogP contribution in [0.4, 0.5) is 4.39 Å². The summed E-state index contributed by atoms with van der Waals surface area (Å²) in [7, 11) is 1.47. The average molecular weight is 438 g/mol. The fourth-order valence-corrected chi connectivity index (χ4v) is 2.73. The van der Waals surface area contributed by atoms with Gasteiger partial charge in [0, 0.05) is 5.56 Å². The molecule has 2 amide bonds. The Kier molecular flexibility index (Phi) is 7.64. The van der Waals surface area contributed by atoms with Crippen LogP contribution in [0.15, 0.2) is 72.8 Å². The molecule has 0 aliphatic heterocycles. The number of hydrogen-bond donors (Lipinski definition) is 2. The van der Waals surface area contributed by atoms with Gasteiger partial charge in [-0.05, 0) is 55.0 Å². The van der Waals surface area contributed by atoms with Gasteiger partial charge in [0.25, 0.3) is 11.8 Å². The van der Waals surface area contributed by atoms with Gasteiger partial charge in [0.1, 0.15) is 18.2 Å². The molecule has 0 heterocycles. The predicted molar refractivity (Wildman–Crippen MR) is 116 cm³/mol. The van der Waals surface area contributed by atoms with E-state index in [9.17, 15) is 14.0 Å². The van der Waals surface area contributed by atoms with E-state index in [-0.39, 0.29) is 5.56 Å². The number of hydrogen-bond acceptors (Lipinski definition) is 5. The van der Waals surface area contributed by atoms with Gasteiger partial charge in [-0.25, -0.2) is 4.39 Å². The van der Waals surface area contributed by atoms with Crippen LogP contribution in [0.1, 0.15) is 22.8 Å². The maximum Gasteiger partial charge on any atom is 0.279 e. The molecule has 0 unspecified atom stereocenters. The third-order valence-corrected chi connectivity index (χ3v) is 4.46. The molecule has 0 saturated heterocycles. The number of carbonyl (C=O) groups is 2. The summed E-state index contributed by atoms with van der Waals surface area (Å²) in [5, 5.41) is 0. The summed E-state index contributed by atoms with van der Waals surface area (Å²) < 4.78 is 29.5. The molecular weight excluding hydrogens is 415 g/mol. The highest BCUT2D eigenvalue weighted by Crippen LogP contribution is 2.28. The number of carbonyl (C=O) groups excluding carboxylic acids is 2. The van der Waals surface area contributed by atoms with Gasteiger partial charge >= 0.3 is 0 Å². The maximum absolute atomic E-state index is 13.0. The van der Waals surface area contributed by atoms with Crippen molar-refractivity contribution < 1.29 is 28.2 Å². The molecule has 0 aliphatic carbocycles. The monoisotopic (exact) mass is 438 g/mol. The molecule has 0 spiro atoms. The minimum Gasteiger partial charge on any atom is -0.493 e. The van der Waals surface area contributed by atoms with Crippen LogP contribution in [0.3, 0.4) is 0 Å². The number of ether oxygens (including phenoxy) is 3. The van der Waals surface area contributed by atoms with Crippen molar-refractivity contribution >= 4 is 11.8 Å². The highest BCUT2D eigenvalue weighted by Gasteiger charge is 2.17. The van der Waals surface area contributed by atoms with Crippen molar-refractivity contribution in [2.75, 3.05) is 7.11 Å². The Morgan fingerprint density at radius 3 is 2.34 bits per heavy atom. The summed E-state index contributed by atoms with van der Waals surface area (Å²) in [4.78, 5) is 24.6. The average Bonchev–Trinajstić information content (AvgIpc) is 2.82. The highest BCUT2D eigenvalue weighted by molar-refractivity contribution is 5.96. The number of nitrogens with one attached hydrogen (secondary N) is 2. The van der Waals surface area contributed by atoms with Crippen LogP contribution < -0.4 is 25.1 Å². The summed E-state index contributed by atoms with van der Waals surface area (Å²) >= 11 is 0. The van der Waals surface area contributed by atoms with Gasteiger partial charge in [-0.15, -0.1) is 0 Å². The molecule has 7 nitrogen and oxygen atoms in total. The van der Waals surface area contributed by atoms with E-state index in [0.29, 0.717) is 23.9 Å². The topological polar surface area (TPSA) is 85.9 Å². The number of hydrazine groups is 1. The molecule has 0 aliphatic rings. The summed E-state index contributed by atoms with van der Waals surface area (Å²) in [6.07, 6.45) is -0.913. The van der Waals surface area contributed by atoms with Crippen LogP contribution in [0.5, 0.6) is 17.2 Å². The van der Waals surface area contributed by atoms with Crippen molar-refractivity contribution in [2.24, 2.45) is 0 Å². The van der Waals surface area contributed by atoms with E-state index in [4.69, 9.17) is 14.2 Å². The molecule has 2 N–H and O–H groups in total. The fraction of sp³-hybridized carbons (Fsp3) is 0.167. The van der Waals surface area contributed by atoms with Crippen molar-refractivity contribution in [1.82, 2.24) is 10.9 Å². The summed E-state index contributed by atoms with van der Waals surface area (Å²) in [6.45, 7) is 1.86. The van der Waals surface area contributed by atoms with Crippen LogP contribution in [0, 0.1) is 5.82 Å². The Morgan fingerprint density at radius 1 is 0.938 bits per heavy atom. The normalized spacial score (nSPS) is 11.2. The van der Waals surface area contributed by atoms with Crippen LogP contribution in [0.25, 0.3) is 0 Å². The molecule has 0 fully saturated rings. The number of benzene rings is 3. The second-order valence-electron chi connectivity index (χ2n) is 6.80. The Labute approximate surface area is 185 Å². The smallest absolute Gasteiger partial charge is 0.279 e. The molecule has 0 aromatic heterocycles. The van der Waals surface area contributed by atoms with E-state index in [1.54, 1.807) is 12.1 Å². The molecule has 0 radical (unpaired) electrons. The quantitative estimate of drug-likeness (QED) is 0.525. The molecule has 0 bridgehead atoms. The van der Waals surface area contributed by atoms with Crippen LogP contribution in [-0.4, -0.2) is 25.0 Å². The van der Waals surface area contributed by atoms with Crippen molar-refractivity contribution in [1.29, 1.82) is 0 Å². The lowest BCUT2D eigenvalue weighted by Crippen LogP contribution is -2.47. The van der Waals surface area contributed by atoms with E-state index >= 15 is 0 Å². The van der Waals surface area contributed by atoms with Crippen molar-refractivity contribution in [3.63, 3.8) is 0 Å². The van der Waals surface area contributed by atoms with E-state index in [1.807, 2.05) is 30.3 Å². The fourth-order valence-electron chi connectivity index (χ4n) is 2.73. The van der Waals surface area contributed by atoms with E-state index in [0.717, 1.165) is 5.56 Å². The third kappa shape index (κ3) is 6.21. The molecular formula is C24H23FN2O5. The van der Waals surface area contributed by atoms with Gasteiger partial charge in [0.05, 0.1) is 7.11 Å². The summed E-state index contributed by atoms with van der Waals surface area (Å²) in [5.41, 5.74) is 5.89. The first-order valence-electron chi connectivity index (χ1n) is 9.83. The first-order valence-corrected chi connectivity index (χ1v) is 9.83. The SMILES string of the molecule is COc1cc(C(=O)NNC(=O)[C@@H](C)Oc2ccc(F)cc2)ccc1OCc1ccccc1. The molecule has 0 saturated carbocycles. The van der Waals surface area contributed by atoms with Gasteiger partial charge in [-0.3, -0.25) is 20.4 Å². The van der Waals surface area contributed by atoms with Gasteiger partial charge in [0.2, 0.25) is 0 Å². The maximum atomic E-state index is 13.0. The number of amides is 2. The van der Waals surface area contributed by atoms with Crippen molar-refractivity contribution in [3.8, 4) is 17.2 Å². The Bertz CT molecular complexity index is 1060. The summed E-state index contributed by atoms with van der Waals surface area (Å²) in [6, 6.07) is 19.6. The molecule has 166 valence electrons. The van der Waals surface area contributed by atoms with E-state index in [2.05, 4.69) is 10.9 Å². The Balaban J connectivity index is 1.54. The largest absolute Gasteiger partial charge is 0.493 e. The van der Waals surface area contributed by atoms with E-state index in [1.165, 1.54) is 44.4 Å². The predicted octanol–water partition coefficient (Wildman–Crippen LogP) is 3.64. The first kappa shape index (κ1) is 22.6. The zero-order chi connectivity index (χ0) is 22.9. The molecule has 3 rings (SSSR count). The second-order valence-corrected chi connectivity index (χ2v) is 6.80. The lowest BCUT2D eigenvalue weighted by molar-refractivity contribution is -0.128. The first-order chi connectivity index (χ1) is 15.5. The minimum atomic E-state index is -0.913. The van der Waals surface area contributed by atoms with Gasteiger partial charge in [-0.2, -0.15) is 0 Å². The van der Waals surface area contributed by atoms with Gasteiger partial charge in [0.15, 0.2) is 17.6 Å². The molecule has 3 aromatic carbocycles.